The van der Waals surface area contributed by atoms with Crippen LogP contribution in [0.25, 0.3) is 11.1 Å². The van der Waals surface area contributed by atoms with Crippen molar-refractivity contribution in [3.63, 3.8) is 0 Å². The second-order valence-electron chi connectivity index (χ2n) is 5.67. The maximum Gasteiger partial charge on any atom is 0.203 e. The van der Waals surface area contributed by atoms with Gasteiger partial charge in [-0.25, -0.2) is 9.97 Å². The second kappa shape index (κ2) is 7.74. The summed E-state index contributed by atoms with van der Waals surface area (Å²) in [6, 6.07) is 8.43. The zero-order valence-corrected chi connectivity index (χ0v) is 15.2. The van der Waals surface area contributed by atoms with E-state index in [0.717, 1.165) is 11.1 Å². The molecule has 0 aliphatic heterocycles. The minimum atomic E-state index is -0.259. The molecular weight excluding hydrogens is 346 g/mol. The molecule has 3 aromatic rings. The van der Waals surface area contributed by atoms with Crippen LogP contribution in [0.15, 0.2) is 49.1 Å². The predicted molar refractivity (Wildman–Crippen MR) is 101 cm³/mol. The molecule has 138 valence electrons. The van der Waals surface area contributed by atoms with Crippen LogP contribution in [0.1, 0.15) is 15.9 Å². The van der Waals surface area contributed by atoms with Gasteiger partial charge in [0.25, 0.3) is 0 Å². The molecule has 0 atom stereocenters. The number of rotatable bonds is 6. The van der Waals surface area contributed by atoms with Gasteiger partial charge in [0.1, 0.15) is 6.33 Å². The number of hydrogen-bond acceptors (Lipinski definition) is 7. The molecule has 0 unspecified atom stereocenters. The molecule has 1 aromatic heterocycles. The van der Waals surface area contributed by atoms with Gasteiger partial charge in [-0.15, -0.1) is 0 Å². The minimum absolute atomic E-state index is 0.259. The summed E-state index contributed by atoms with van der Waals surface area (Å²) in [7, 11) is 4.50. The van der Waals surface area contributed by atoms with E-state index in [1.165, 1.54) is 27.7 Å². The van der Waals surface area contributed by atoms with E-state index < -0.39 is 0 Å². The molecule has 0 aliphatic carbocycles. The molecule has 0 radical (unpaired) electrons. The van der Waals surface area contributed by atoms with Gasteiger partial charge in [-0.05, 0) is 29.8 Å². The van der Waals surface area contributed by atoms with Crippen molar-refractivity contribution in [1.29, 1.82) is 0 Å². The smallest absolute Gasteiger partial charge is 0.203 e. The first-order chi connectivity index (χ1) is 13.1. The lowest BCUT2D eigenvalue weighted by Crippen LogP contribution is -2.07. The maximum absolute atomic E-state index is 13.1. The second-order valence-corrected chi connectivity index (χ2v) is 5.67. The molecule has 0 saturated carbocycles. The number of nitrogens with zero attached hydrogens (tertiary/aromatic N) is 2. The molecule has 0 saturated heterocycles. The fourth-order valence-corrected chi connectivity index (χ4v) is 2.75. The van der Waals surface area contributed by atoms with Crippen LogP contribution in [0.5, 0.6) is 17.2 Å². The first-order valence-electron chi connectivity index (χ1n) is 8.08. The average molecular weight is 365 g/mol. The maximum atomic E-state index is 13.1. The summed E-state index contributed by atoms with van der Waals surface area (Å²) in [4.78, 5) is 21.1. The molecule has 0 spiro atoms. The molecule has 2 aromatic carbocycles. The highest BCUT2D eigenvalue weighted by atomic mass is 16.5. The Morgan fingerprint density at radius 1 is 0.889 bits per heavy atom. The first kappa shape index (κ1) is 18.2. The molecule has 7 nitrogen and oxygen atoms in total. The van der Waals surface area contributed by atoms with Crippen LogP contribution in [0, 0.1) is 0 Å². The van der Waals surface area contributed by atoms with E-state index in [2.05, 4.69) is 9.97 Å². The van der Waals surface area contributed by atoms with Crippen LogP contribution in [0.3, 0.4) is 0 Å². The monoisotopic (exact) mass is 365 g/mol. The van der Waals surface area contributed by atoms with Crippen molar-refractivity contribution in [2.75, 3.05) is 27.1 Å². The molecule has 0 fully saturated rings. The van der Waals surface area contributed by atoms with Gasteiger partial charge in [-0.1, -0.05) is 6.07 Å². The number of ether oxygens (including phenoxy) is 3. The summed E-state index contributed by atoms with van der Waals surface area (Å²) in [5.74, 6) is 0.947. The van der Waals surface area contributed by atoms with E-state index in [1.807, 2.05) is 6.07 Å². The number of aromatic nitrogens is 2. The van der Waals surface area contributed by atoms with E-state index in [1.54, 1.807) is 36.7 Å². The van der Waals surface area contributed by atoms with Crippen LogP contribution >= 0.6 is 0 Å². The van der Waals surface area contributed by atoms with Crippen molar-refractivity contribution in [2.45, 2.75) is 0 Å². The quantitative estimate of drug-likeness (QED) is 0.530. The van der Waals surface area contributed by atoms with Crippen LogP contribution in [0.2, 0.25) is 0 Å². The predicted octanol–water partition coefficient (Wildman–Crippen LogP) is 2.98. The highest BCUT2D eigenvalue weighted by Crippen LogP contribution is 2.39. The third-order valence-corrected chi connectivity index (χ3v) is 4.12. The average Bonchev–Trinajstić information content (AvgIpc) is 2.73. The van der Waals surface area contributed by atoms with Gasteiger partial charge in [-0.2, -0.15) is 0 Å². The van der Waals surface area contributed by atoms with Crippen molar-refractivity contribution >= 4 is 11.5 Å². The lowest BCUT2D eigenvalue weighted by molar-refractivity contribution is 0.103. The molecule has 0 bridgehead atoms. The van der Waals surface area contributed by atoms with E-state index >= 15 is 0 Å². The Balaban J connectivity index is 2.08. The van der Waals surface area contributed by atoms with E-state index in [-0.39, 0.29) is 5.78 Å². The summed E-state index contributed by atoms with van der Waals surface area (Å²) < 4.78 is 15.9. The standard InChI is InChI=1S/C20H19N3O4/c1-25-17-7-13(8-18(26-2)20(17)27-3)19(24)15-6-12(4-5-16(15)21)14-9-22-11-23-10-14/h4-11H,21H2,1-3H3. The minimum Gasteiger partial charge on any atom is -0.493 e. The van der Waals surface area contributed by atoms with Crippen molar-refractivity contribution in [1.82, 2.24) is 9.97 Å². The fourth-order valence-electron chi connectivity index (χ4n) is 2.75. The zero-order valence-electron chi connectivity index (χ0n) is 15.2. The number of carbonyl (C=O) groups excluding carboxylic acids is 1. The number of hydrogen-bond donors (Lipinski definition) is 1. The molecular formula is C20H19N3O4. The van der Waals surface area contributed by atoms with Crippen LogP contribution in [-0.4, -0.2) is 37.1 Å². The largest absolute Gasteiger partial charge is 0.493 e. The van der Waals surface area contributed by atoms with Crippen molar-refractivity contribution in [3.8, 4) is 28.4 Å². The number of anilines is 1. The molecule has 1 heterocycles. The number of benzene rings is 2. The summed E-state index contributed by atoms with van der Waals surface area (Å²) in [6.45, 7) is 0. The molecule has 3 rings (SSSR count). The van der Waals surface area contributed by atoms with E-state index in [9.17, 15) is 4.79 Å². The van der Waals surface area contributed by atoms with Gasteiger partial charge in [0.2, 0.25) is 5.75 Å². The molecule has 27 heavy (non-hydrogen) atoms. The molecule has 0 aliphatic rings. The Labute approximate surface area is 156 Å². The molecule has 2 N–H and O–H groups in total. The molecule has 0 amide bonds. The topological polar surface area (TPSA) is 96.6 Å². The highest BCUT2D eigenvalue weighted by Gasteiger charge is 2.20. The van der Waals surface area contributed by atoms with Crippen molar-refractivity contribution in [2.24, 2.45) is 0 Å². The zero-order chi connectivity index (χ0) is 19.4. The third-order valence-electron chi connectivity index (χ3n) is 4.12. The normalized spacial score (nSPS) is 10.3. The van der Waals surface area contributed by atoms with Crippen LogP contribution in [0.4, 0.5) is 5.69 Å². The lowest BCUT2D eigenvalue weighted by atomic mass is 9.97. The van der Waals surface area contributed by atoms with Gasteiger partial charge >= 0.3 is 0 Å². The Kier molecular flexibility index (Phi) is 5.21. The summed E-state index contributed by atoms with van der Waals surface area (Å²) >= 11 is 0. The Morgan fingerprint density at radius 3 is 2.07 bits per heavy atom. The number of nitrogen functional groups attached to an aromatic ring is 1. The summed E-state index contributed by atoms with van der Waals surface area (Å²) in [5.41, 5.74) is 8.75. The Bertz CT molecular complexity index is 949. The van der Waals surface area contributed by atoms with Crippen LogP contribution in [-0.2, 0) is 0 Å². The Hall–Kier alpha value is -3.61. The van der Waals surface area contributed by atoms with Gasteiger partial charge in [0.05, 0.1) is 21.3 Å². The SMILES string of the molecule is COc1cc(C(=O)c2cc(-c3cncnc3)ccc2N)cc(OC)c1OC. The number of nitrogens with two attached hydrogens (primary N) is 1. The van der Waals surface area contributed by atoms with Gasteiger partial charge in [-0.3, -0.25) is 4.79 Å². The van der Waals surface area contributed by atoms with Gasteiger partial charge < -0.3 is 19.9 Å². The summed E-state index contributed by atoms with van der Waals surface area (Å²) in [5, 5.41) is 0. The number of ketones is 1. The lowest BCUT2D eigenvalue weighted by Gasteiger charge is -2.14. The van der Waals surface area contributed by atoms with Crippen LogP contribution < -0.4 is 19.9 Å². The van der Waals surface area contributed by atoms with Crippen molar-refractivity contribution in [3.05, 3.63) is 60.2 Å². The first-order valence-corrected chi connectivity index (χ1v) is 8.08. The van der Waals surface area contributed by atoms with Crippen molar-refractivity contribution < 1.29 is 19.0 Å². The number of carbonyl (C=O) groups is 1. The molecule has 7 heteroatoms. The van der Waals surface area contributed by atoms with E-state index in [0.29, 0.717) is 34.1 Å². The highest BCUT2D eigenvalue weighted by molar-refractivity contribution is 6.13. The van der Waals surface area contributed by atoms with Gasteiger partial charge in [0.15, 0.2) is 17.3 Å². The fraction of sp³-hybridized carbons (Fsp3) is 0.150. The Morgan fingerprint density at radius 2 is 1.52 bits per heavy atom. The summed E-state index contributed by atoms with van der Waals surface area (Å²) in [6.07, 6.45) is 4.79. The van der Waals surface area contributed by atoms with Gasteiger partial charge in [0, 0.05) is 34.8 Å². The number of methoxy groups -OCH3 is 3. The third kappa shape index (κ3) is 3.52. The van der Waals surface area contributed by atoms with E-state index in [4.69, 9.17) is 19.9 Å².